The van der Waals surface area contributed by atoms with Crippen molar-refractivity contribution in [1.82, 2.24) is 14.8 Å². The summed E-state index contributed by atoms with van der Waals surface area (Å²) in [6, 6.07) is 8.69. The number of anilines is 1. The second-order valence-corrected chi connectivity index (χ2v) is 9.94. The number of ether oxygens (including phenoxy) is 1. The van der Waals surface area contributed by atoms with Crippen molar-refractivity contribution in [3.05, 3.63) is 76.4 Å². The summed E-state index contributed by atoms with van der Waals surface area (Å²) < 4.78 is 64.5. The van der Waals surface area contributed by atoms with Gasteiger partial charge in [-0.05, 0) is 48.2 Å². The number of carbonyl (C=O) groups is 2. The summed E-state index contributed by atoms with van der Waals surface area (Å²) in [4.78, 5) is 27.2. The first-order valence-corrected chi connectivity index (χ1v) is 11.9. The van der Waals surface area contributed by atoms with E-state index in [1.807, 2.05) is 0 Å². The van der Waals surface area contributed by atoms with Crippen LogP contribution in [0.1, 0.15) is 62.2 Å². The number of amides is 1. The molecule has 0 unspecified atom stereocenters. The normalized spacial score (nSPS) is 19.5. The van der Waals surface area contributed by atoms with Gasteiger partial charge < -0.3 is 14.2 Å². The zero-order chi connectivity index (χ0) is 26.1. The van der Waals surface area contributed by atoms with Gasteiger partial charge in [0.1, 0.15) is 6.33 Å². The number of nitrogens with zero attached hydrogens (tertiary/aromatic N) is 4. The Morgan fingerprint density at radius 1 is 1.19 bits per heavy atom. The molecular weight excluding hydrogens is 492 g/mol. The number of alkyl halides is 4. The lowest BCUT2D eigenvalue weighted by Crippen LogP contribution is -2.50. The van der Waals surface area contributed by atoms with Crippen LogP contribution in [0, 0.1) is 5.92 Å². The molecule has 1 aromatic heterocycles. The minimum atomic E-state index is -4.73. The first kappa shape index (κ1) is 23.8. The van der Waals surface area contributed by atoms with Crippen molar-refractivity contribution in [2.24, 2.45) is 13.0 Å². The molecule has 37 heavy (non-hydrogen) atoms. The van der Waals surface area contributed by atoms with Gasteiger partial charge in [0.2, 0.25) is 0 Å². The van der Waals surface area contributed by atoms with Crippen LogP contribution in [0.15, 0.2) is 42.7 Å². The molecule has 192 valence electrons. The molecule has 2 fully saturated rings. The number of carbonyl (C=O) groups excluding carboxylic acids is 2. The number of ketones is 1. The molecule has 1 aliphatic carbocycles. The molecule has 11 heteroatoms. The van der Waals surface area contributed by atoms with Crippen molar-refractivity contribution >= 4 is 17.4 Å². The molecule has 0 bridgehead atoms. The summed E-state index contributed by atoms with van der Waals surface area (Å²) in [7, 11) is 1.63. The van der Waals surface area contributed by atoms with E-state index in [-0.39, 0.29) is 54.0 Å². The number of hydrogen-bond acceptors (Lipinski definition) is 5. The summed E-state index contributed by atoms with van der Waals surface area (Å²) in [5, 5.41) is 7.63. The van der Waals surface area contributed by atoms with Gasteiger partial charge in [-0.2, -0.15) is 13.2 Å². The Bertz CT molecular complexity index is 1430. The molecule has 1 amide bonds. The number of hydrogen-bond donors (Lipinski definition) is 0. The molecule has 2 aliphatic heterocycles. The third-order valence-corrected chi connectivity index (χ3v) is 7.49. The first-order valence-electron chi connectivity index (χ1n) is 11.9. The second-order valence-electron chi connectivity index (χ2n) is 9.94. The highest BCUT2D eigenvalue weighted by atomic mass is 19.4. The average molecular weight is 514 g/mol. The fourth-order valence-corrected chi connectivity index (χ4v) is 5.13. The largest absolute Gasteiger partial charge is 0.416 e. The van der Waals surface area contributed by atoms with Gasteiger partial charge in [-0.3, -0.25) is 9.59 Å². The van der Waals surface area contributed by atoms with Crippen LogP contribution in [0.2, 0.25) is 0 Å². The van der Waals surface area contributed by atoms with E-state index in [0.717, 1.165) is 6.07 Å². The highest BCUT2D eigenvalue weighted by molar-refractivity contribution is 6.12. The molecule has 2 aromatic carbocycles. The summed E-state index contributed by atoms with van der Waals surface area (Å²) in [5.74, 6) is -1.16. The van der Waals surface area contributed by atoms with Crippen molar-refractivity contribution in [2.45, 2.75) is 37.1 Å². The minimum absolute atomic E-state index is 0.0729. The quantitative estimate of drug-likeness (QED) is 0.356. The smallest absolute Gasteiger partial charge is 0.379 e. The summed E-state index contributed by atoms with van der Waals surface area (Å²) >= 11 is 0. The SMILES string of the molecule is Cn1cnnc1[C@H](F)C1(c2cccc(N3Cc4c(cc(C(=O)C5CC5)cc4C(F)(F)F)C3=O)c2)COC1. The molecule has 6 rings (SSSR count). The summed E-state index contributed by atoms with van der Waals surface area (Å²) in [6.45, 7) is -0.163. The van der Waals surface area contributed by atoms with Crippen LogP contribution in [-0.4, -0.2) is 39.7 Å². The maximum absolute atomic E-state index is 15.7. The maximum atomic E-state index is 15.7. The molecule has 1 saturated heterocycles. The molecule has 0 radical (unpaired) electrons. The molecule has 3 heterocycles. The Labute approximate surface area is 209 Å². The van der Waals surface area contributed by atoms with Crippen LogP contribution in [0.5, 0.6) is 0 Å². The number of halogens is 4. The van der Waals surface area contributed by atoms with E-state index in [1.54, 1.807) is 31.3 Å². The fourth-order valence-electron chi connectivity index (χ4n) is 5.13. The Morgan fingerprint density at radius 2 is 1.95 bits per heavy atom. The number of aromatic nitrogens is 3. The van der Waals surface area contributed by atoms with Crippen molar-refractivity contribution in [1.29, 1.82) is 0 Å². The second kappa shape index (κ2) is 8.20. The van der Waals surface area contributed by atoms with E-state index in [4.69, 9.17) is 4.74 Å². The molecule has 1 atom stereocenters. The van der Waals surface area contributed by atoms with Crippen LogP contribution >= 0.6 is 0 Å². The lowest BCUT2D eigenvalue weighted by molar-refractivity contribution is -0.138. The zero-order valence-corrected chi connectivity index (χ0v) is 19.8. The topological polar surface area (TPSA) is 77.3 Å². The third kappa shape index (κ3) is 3.75. The van der Waals surface area contributed by atoms with Crippen LogP contribution < -0.4 is 4.90 Å². The predicted molar refractivity (Wildman–Crippen MR) is 123 cm³/mol. The molecule has 3 aliphatic rings. The molecule has 3 aromatic rings. The van der Waals surface area contributed by atoms with Crippen LogP contribution in [-0.2, 0) is 29.9 Å². The van der Waals surface area contributed by atoms with Crippen molar-refractivity contribution < 1.29 is 31.9 Å². The first-order chi connectivity index (χ1) is 17.6. The van der Waals surface area contributed by atoms with E-state index < -0.39 is 29.2 Å². The Hall–Kier alpha value is -3.60. The van der Waals surface area contributed by atoms with Gasteiger partial charge in [-0.25, -0.2) is 4.39 Å². The highest BCUT2D eigenvalue weighted by Gasteiger charge is 2.51. The number of rotatable bonds is 6. The highest BCUT2D eigenvalue weighted by Crippen LogP contribution is 2.47. The average Bonchev–Trinajstić information content (AvgIpc) is 3.51. The standard InChI is InChI=1S/C26H22F4N4O3/c1-33-13-31-32-23(33)22(27)25(11-37-12-25)16-3-2-4-17(9-16)34-10-19-18(24(34)36)7-15(21(35)14-5-6-14)8-20(19)26(28,29)30/h2-4,7-9,13-14,22H,5-6,10-12H2,1H3/t22-/m0/s1. The van der Waals surface area contributed by atoms with Gasteiger partial charge in [0.15, 0.2) is 17.8 Å². The molecule has 0 spiro atoms. The van der Waals surface area contributed by atoms with Crippen LogP contribution in [0.3, 0.4) is 0 Å². The number of Topliss-reactive ketones (excluding diaryl/α,β-unsaturated/α-hetero) is 1. The van der Waals surface area contributed by atoms with Gasteiger partial charge in [-0.1, -0.05) is 12.1 Å². The van der Waals surface area contributed by atoms with E-state index in [0.29, 0.717) is 24.1 Å². The maximum Gasteiger partial charge on any atom is 0.416 e. The van der Waals surface area contributed by atoms with E-state index >= 15 is 4.39 Å². The van der Waals surface area contributed by atoms with E-state index in [1.165, 1.54) is 21.9 Å². The van der Waals surface area contributed by atoms with Crippen molar-refractivity contribution in [2.75, 3.05) is 18.1 Å². The lowest BCUT2D eigenvalue weighted by atomic mass is 9.74. The number of benzene rings is 2. The fraction of sp³-hybridized carbons (Fsp3) is 0.385. The summed E-state index contributed by atoms with van der Waals surface area (Å²) in [6.07, 6.45) is -3.61. The zero-order valence-electron chi connectivity index (χ0n) is 19.8. The van der Waals surface area contributed by atoms with Gasteiger partial charge in [-0.15, -0.1) is 10.2 Å². The molecule has 7 nitrogen and oxygen atoms in total. The van der Waals surface area contributed by atoms with E-state index in [9.17, 15) is 22.8 Å². The Balaban J connectivity index is 1.37. The lowest BCUT2D eigenvalue weighted by Gasteiger charge is -2.43. The third-order valence-electron chi connectivity index (χ3n) is 7.49. The molecule has 0 N–H and O–H groups in total. The number of aryl methyl sites for hydroxylation is 1. The van der Waals surface area contributed by atoms with Gasteiger partial charge in [0, 0.05) is 29.8 Å². The number of fused-ring (bicyclic) bond motifs is 1. The predicted octanol–water partition coefficient (Wildman–Crippen LogP) is 4.57. The molecule has 1 saturated carbocycles. The summed E-state index contributed by atoms with van der Waals surface area (Å²) in [5.41, 5.74) is -1.57. The Kier molecular flexibility index (Phi) is 5.27. The van der Waals surface area contributed by atoms with Crippen molar-refractivity contribution in [3.8, 4) is 0 Å². The van der Waals surface area contributed by atoms with Gasteiger partial charge >= 0.3 is 6.18 Å². The molecular formula is C26H22F4N4O3. The van der Waals surface area contributed by atoms with Crippen molar-refractivity contribution in [3.63, 3.8) is 0 Å². The monoisotopic (exact) mass is 514 g/mol. The van der Waals surface area contributed by atoms with Crippen LogP contribution in [0.4, 0.5) is 23.2 Å². The van der Waals surface area contributed by atoms with Gasteiger partial charge in [0.05, 0.1) is 30.7 Å². The Morgan fingerprint density at radius 3 is 2.54 bits per heavy atom. The van der Waals surface area contributed by atoms with Crippen LogP contribution in [0.25, 0.3) is 0 Å². The van der Waals surface area contributed by atoms with Gasteiger partial charge in [0.25, 0.3) is 5.91 Å². The van der Waals surface area contributed by atoms with E-state index in [2.05, 4.69) is 10.2 Å². The minimum Gasteiger partial charge on any atom is -0.379 e.